The molecule has 2 aliphatic rings. The van der Waals surface area contributed by atoms with Crippen molar-refractivity contribution in [1.82, 2.24) is 15.2 Å². The normalized spacial score (nSPS) is 25.9. The van der Waals surface area contributed by atoms with E-state index in [2.05, 4.69) is 10.3 Å². The van der Waals surface area contributed by atoms with Crippen LogP contribution in [0.5, 0.6) is 0 Å². The molecule has 1 aliphatic heterocycles. The Bertz CT molecular complexity index is 1020. The topological polar surface area (TPSA) is 155 Å². The van der Waals surface area contributed by atoms with Gasteiger partial charge in [-0.3, -0.25) is 19.3 Å². The predicted octanol–water partition coefficient (Wildman–Crippen LogP) is 0.0157. The molecule has 9 heteroatoms. The van der Waals surface area contributed by atoms with E-state index >= 15 is 0 Å². The molecule has 0 radical (unpaired) electrons. The summed E-state index contributed by atoms with van der Waals surface area (Å²) >= 11 is 0. The van der Waals surface area contributed by atoms with Crippen LogP contribution in [0.1, 0.15) is 31.7 Å². The molecule has 3 amide bonds. The van der Waals surface area contributed by atoms with Crippen LogP contribution in [0.15, 0.2) is 30.5 Å². The molecule has 7 N–H and O–H groups in total. The van der Waals surface area contributed by atoms with Gasteiger partial charge in [0.2, 0.25) is 17.7 Å². The third kappa shape index (κ3) is 4.10. The molecular weight excluding hydrogens is 410 g/mol. The van der Waals surface area contributed by atoms with E-state index in [1.807, 2.05) is 35.4 Å². The number of likely N-dealkylation sites (tertiary alicyclic amines) is 1. The molecule has 4 rings (SSSR count). The number of rotatable bonds is 8. The van der Waals surface area contributed by atoms with Gasteiger partial charge < -0.3 is 26.9 Å². The number of fused-ring (bicyclic) bond motifs is 2. The monoisotopic (exact) mass is 441 g/mol. The third-order valence-electron chi connectivity index (χ3n) is 7.10. The first-order chi connectivity index (χ1) is 15.3. The van der Waals surface area contributed by atoms with Crippen molar-refractivity contribution < 1.29 is 19.5 Å². The van der Waals surface area contributed by atoms with Crippen LogP contribution >= 0.6 is 0 Å². The molecule has 6 atom stereocenters. The third-order valence-corrected chi connectivity index (χ3v) is 7.10. The van der Waals surface area contributed by atoms with Crippen molar-refractivity contribution in [2.45, 2.75) is 56.8 Å². The predicted molar refractivity (Wildman–Crippen MR) is 119 cm³/mol. The molecule has 2 fully saturated rings. The van der Waals surface area contributed by atoms with Crippen molar-refractivity contribution in [2.75, 3.05) is 6.54 Å². The Morgan fingerprint density at radius 2 is 2.00 bits per heavy atom. The Labute approximate surface area is 186 Å². The maximum absolute atomic E-state index is 13.5. The average Bonchev–Trinajstić information content (AvgIpc) is 3.43. The van der Waals surface area contributed by atoms with Crippen molar-refractivity contribution >= 4 is 28.6 Å². The zero-order valence-electron chi connectivity index (χ0n) is 18.2. The lowest BCUT2D eigenvalue weighted by atomic mass is 9.93. The first kappa shape index (κ1) is 22.3. The van der Waals surface area contributed by atoms with Crippen molar-refractivity contribution in [1.29, 1.82) is 0 Å². The van der Waals surface area contributed by atoms with E-state index in [1.165, 1.54) is 6.92 Å². The molecule has 2 aromatic rings. The van der Waals surface area contributed by atoms with E-state index < -0.39 is 42.0 Å². The highest BCUT2D eigenvalue weighted by Gasteiger charge is 2.50. The molecule has 172 valence electrons. The Balaban J connectivity index is 1.68. The van der Waals surface area contributed by atoms with E-state index in [4.69, 9.17) is 11.5 Å². The minimum absolute atomic E-state index is 0.134. The van der Waals surface area contributed by atoms with Crippen LogP contribution < -0.4 is 16.8 Å². The summed E-state index contributed by atoms with van der Waals surface area (Å²) in [6.07, 6.45) is 4.01. The van der Waals surface area contributed by atoms with Gasteiger partial charge >= 0.3 is 0 Å². The maximum atomic E-state index is 13.5. The molecule has 0 bridgehead atoms. The quantitative estimate of drug-likeness (QED) is 0.390. The molecule has 1 saturated heterocycles. The first-order valence-electron chi connectivity index (χ1n) is 11.2. The number of carbonyl (C=O) groups is 3. The van der Waals surface area contributed by atoms with E-state index in [-0.39, 0.29) is 5.92 Å². The summed E-state index contributed by atoms with van der Waals surface area (Å²) in [5, 5.41) is 13.5. The number of aliphatic hydroxyl groups excluding tert-OH is 1. The lowest BCUT2D eigenvalue weighted by molar-refractivity contribution is -0.135. The number of nitrogens with two attached hydrogens (primary N) is 2. The maximum Gasteiger partial charge on any atom is 0.242 e. The van der Waals surface area contributed by atoms with Crippen LogP contribution in [0.2, 0.25) is 0 Å². The van der Waals surface area contributed by atoms with Crippen LogP contribution in [0.3, 0.4) is 0 Å². The summed E-state index contributed by atoms with van der Waals surface area (Å²) in [6.45, 7) is 1.99. The summed E-state index contributed by atoms with van der Waals surface area (Å²) in [4.78, 5) is 42.8. The van der Waals surface area contributed by atoms with E-state index in [0.29, 0.717) is 18.9 Å². The van der Waals surface area contributed by atoms with Crippen molar-refractivity contribution in [3.8, 4) is 0 Å². The van der Waals surface area contributed by atoms with Gasteiger partial charge in [0.25, 0.3) is 0 Å². The summed E-state index contributed by atoms with van der Waals surface area (Å²) in [5.41, 5.74) is 13.1. The Hall–Kier alpha value is -2.91. The van der Waals surface area contributed by atoms with E-state index in [9.17, 15) is 19.5 Å². The highest BCUT2D eigenvalue weighted by molar-refractivity contribution is 5.91. The number of hydrogen-bond donors (Lipinski definition) is 5. The lowest BCUT2D eigenvalue weighted by Gasteiger charge is -2.33. The van der Waals surface area contributed by atoms with E-state index in [1.54, 1.807) is 0 Å². The van der Waals surface area contributed by atoms with Gasteiger partial charge in [0.1, 0.15) is 6.04 Å². The number of benzene rings is 1. The van der Waals surface area contributed by atoms with Crippen LogP contribution in [-0.4, -0.2) is 63.5 Å². The summed E-state index contributed by atoms with van der Waals surface area (Å²) in [6, 6.07) is 5.29. The molecule has 3 unspecified atom stereocenters. The number of nitrogens with one attached hydrogen (secondary N) is 2. The highest BCUT2D eigenvalue weighted by atomic mass is 16.3. The highest BCUT2D eigenvalue weighted by Crippen LogP contribution is 2.43. The number of hydrogen-bond acceptors (Lipinski definition) is 5. The van der Waals surface area contributed by atoms with Gasteiger partial charge in [-0.05, 0) is 49.7 Å². The number of amides is 3. The molecule has 32 heavy (non-hydrogen) atoms. The SMILES string of the molecule is C[C@@H](O)[C@H](NC(=O)[C@H](Cc1c[nH]c2ccccc12)N1CC2CCCC2C1C(N)=O)C(N)=O. The van der Waals surface area contributed by atoms with Gasteiger partial charge in [0, 0.05) is 23.6 Å². The molecular formula is C23H31N5O4. The Morgan fingerprint density at radius 1 is 1.25 bits per heavy atom. The fourth-order valence-electron chi connectivity index (χ4n) is 5.58. The molecule has 9 nitrogen and oxygen atoms in total. The molecule has 1 aromatic heterocycles. The second-order valence-electron chi connectivity index (χ2n) is 9.11. The minimum atomic E-state index is -1.22. The standard InChI is InChI=1S/C23H31N5O4/c1-12(29)19(21(24)30)27-23(32)18(9-14-10-26-17-8-3-2-6-15(14)17)28-11-13-5-4-7-16(13)20(28)22(25)31/h2-3,6,8,10,12-13,16,18-20,26,29H,4-5,7,9,11H2,1H3,(H2,24,30)(H2,25,31)(H,27,32)/t12-,13?,16?,18+,19+,20?/m1/s1. The number of aliphatic hydroxyl groups is 1. The molecule has 0 spiro atoms. The number of carbonyl (C=O) groups excluding carboxylic acids is 3. The number of aromatic nitrogens is 1. The smallest absolute Gasteiger partial charge is 0.242 e. The number of nitrogens with zero attached hydrogens (tertiary/aromatic N) is 1. The van der Waals surface area contributed by atoms with Crippen LogP contribution in [-0.2, 0) is 20.8 Å². The molecule has 1 saturated carbocycles. The van der Waals surface area contributed by atoms with Crippen molar-refractivity contribution in [2.24, 2.45) is 23.3 Å². The summed E-state index contributed by atoms with van der Waals surface area (Å²) in [5.74, 6) is -1.25. The molecule has 1 aromatic carbocycles. The zero-order valence-corrected chi connectivity index (χ0v) is 18.2. The number of H-pyrrole nitrogens is 1. The second-order valence-corrected chi connectivity index (χ2v) is 9.11. The van der Waals surface area contributed by atoms with Gasteiger partial charge in [-0.2, -0.15) is 0 Å². The van der Waals surface area contributed by atoms with Crippen LogP contribution in [0.25, 0.3) is 10.9 Å². The Kier molecular flexibility index (Phi) is 6.21. The van der Waals surface area contributed by atoms with Crippen molar-refractivity contribution in [3.05, 3.63) is 36.0 Å². The second kappa shape index (κ2) is 8.91. The molecule has 2 heterocycles. The summed E-state index contributed by atoms with van der Waals surface area (Å²) in [7, 11) is 0. The fraction of sp³-hybridized carbons (Fsp3) is 0.522. The number of primary amides is 2. The van der Waals surface area contributed by atoms with Crippen LogP contribution in [0, 0.1) is 11.8 Å². The Morgan fingerprint density at radius 3 is 2.69 bits per heavy atom. The average molecular weight is 442 g/mol. The number of aromatic amines is 1. The molecule has 1 aliphatic carbocycles. The summed E-state index contributed by atoms with van der Waals surface area (Å²) < 4.78 is 0. The van der Waals surface area contributed by atoms with Gasteiger partial charge in [0.15, 0.2) is 0 Å². The van der Waals surface area contributed by atoms with Crippen molar-refractivity contribution in [3.63, 3.8) is 0 Å². The van der Waals surface area contributed by atoms with Gasteiger partial charge in [-0.1, -0.05) is 24.6 Å². The number of para-hydroxylation sites is 1. The first-order valence-corrected chi connectivity index (χ1v) is 11.2. The zero-order chi connectivity index (χ0) is 23.0. The van der Waals surface area contributed by atoms with Crippen LogP contribution in [0.4, 0.5) is 0 Å². The minimum Gasteiger partial charge on any atom is -0.391 e. The lowest BCUT2D eigenvalue weighted by Crippen LogP contribution is -2.59. The van der Waals surface area contributed by atoms with Gasteiger partial charge in [-0.15, -0.1) is 0 Å². The fourth-order valence-corrected chi connectivity index (χ4v) is 5.58. The van der Waals surface area contributed by atoms with E-state index in [0.717, 1.165) is 35.7 Å². The van der Waals surface area contributed by atoms with Gasteiger partial charge in [-0.25, -0.2) is 0 Å². The van der Waals surface area contributed by atoms with Gasteiger partial charge in [0.05, 0.1) is 18.2 Å². The largest absolute Gasteiger partial charge is 0.391 e.